The summed E-state index contributed by atoms with van der Waals surface area (Å²) in [5, 5.41) is 6.64. The molecule has 0 amide bonds. The van der Waals surface area contributed by atoms with Crippen molar-refractivity contribution in [2.75, 3.05) is 27.7 Å². The third-order valence-corrected chi connectivity index (χ3v) is 4.15. The van der Waals surface area contributed by atoms with Crippen molar-refractivity contribution in [1.29, 1.82) is 0 Å². The van der Waals surface area contributed by atoms with Gasteiger partial charge in [0, 0.05) is 26.2 Å². The third kappa shape index (κ3) is 6.55. The van der Waals surface area contributed by atoms with E-state index >= 15 is 0 Å². The van der Waals surface area contributed by atoms with Gasteiger partial charge in [0.05, 0.1) is 0 Å². The summed E-state index contributed by atoms with van der Waals surface area (Å²) in [6.45, 7) is 1.39. The molecule has 25 heavy (non-hydrogen) atoms. The molecule has 2 aromatic rings. The molecule has 0 saturated carbocycles. The van der Waals surface area contributed by atoms with Crippen LogP contribution in [-0.2, 0) is 13.0 Å². The molecule has 0 saturated heterocycles. The number of nitrogens with zero attached hydrogens (tertiary/aromatic N) is 2. The second-order valence-corrected chi connectivity index (χ2v) is 6.24. The maximum absolute atomic E-state index is 13.0. The van der Waals surface area contributed by atoms with Crippen molar-refractivity contribution >= 4 is 5.96 Å². The van der Waals surface area contributed by atoms with Gasteiger partial charge in [0.1, 0.15) is 5.82 Å². The highest BCUT2D eigenvalue weighted by Gasteiger charge is 2.13. The number of guanidine groups is 1. The highest BCUT2D eigenvalue weighted by molar-refractivity contribution is 5.79. The lowest BCUT2D eigenvalue weighted by Crippen LogP contribution is -2.45. The van der Waals surface area contributed by atoms with Crippen molar-refractivity contribution in [2.24, 2.45) is 4.99 Å². The van der Waals surface area contributed by atoms with E-state index in [1.165, 1.54) is 17.7 Å². The summed E-state index contributed by atoms with van der Waals surface area (Å²) in [6.07, 6.45) is 0.968. The molecule has 2 rings (SSSR count). The second kappa shape index (κ2) is 9.79. The molecule has 2 aromatic carbocycles. The Morgan fingerprint density at radius 1 is 1.00 bits per heavy atom. The maximum Gasteiger partial charge on any atom is 0.191 e. The van der Waals surface area contributed by atoms with Gasteiger partial charge < -0.3 is 15.5 Å². The molecule has 0 radical (unpaired) electrons. The van der Waals surface area contributed by atoms with E-state index in [2.05, 4.69) is 58.9 Å². The van der Waals surface area contributed by atoms with E-state index in [0.29, 0.717) is 12.6 Å². The molecule has 1 atom stereocenters. The molecule has 2 N–H and O–H groups in total. The first kappa shape index (κ1) is 18.9. The second-order valence-electron chi connectivity index (χ2n) is 6.24. The molecule has 0 aromatic heterocycles. The number of hydrogen-bond donors (Lipinski definition) is 2. The first-order chi connectivity index (χ1) is 12.1. The Labute approximate surface area is 149 Å². The number of rotatable bonds is 7. The predicted molar refractivity (Wildman–Crippen MR) is 102 cm³/mol. The van der Waals surface area contributed by atoms with Crippen molar-refractivity contribution in [2.45, 2.75) is 19.0 Å². The molecule has 0 spiro atoms. The topological polar surface area (TPSA) is 39.7 Å². The number of nitrogens with one attached hydrogen (secondary N) is 2. The minimum atomic E-state index is -0.221. The van der Waals surface area contributed by atoms with E-state index in [1.54, 1.807) is 19.2 Å². The van der Waals surface area contributed by atoms with Gasteiger partial charge >= 0.3 is 0 Å². The molecular weight excluding hydrogens is 315 g/mol. The average molecular weight is 342 g/mol. The third-order valence-electron chi connectivity index (χ3n) is 4.15. The van der Waals surface area contributed by atoms with Crippen LogP contribution in [0.15, 0.2) is 59.6 Å². The van der Waals surface area contributed by atoms with Crippen LogP contribution >= 0.6 is 0 Å². The summed E-state index contributed by atoms with van der Waals surface area (Å²) in [5.41, 5.74) is 2.33. The highest BCUT2D eigenvalue weighted by atomic mass is 19.1. The van der Waals surface area contributed by atoms with Crippen molar-refractivity contribution < 1.29 is 4.39 Å². The summed E-state index contributed by atoms with van der Waals surface area (Å²) < 4.78 is 13.0. The first-order valence-electron chi connectivity index (χ1n) is 8.48. The van der Waals surface area contributed by atoms with Crippen LogP contribution in [0.5, 0.6) is 0 Å². The average Bonchev–Trinajstić information content (AvgIpc) is 2.63. The summed E-state index contributed by atoms with van der Waals surface area (Å²) in [6, 6.07) is 17.3. The number of likely N-dealkylation sites (N-methyl/N-ethyl adjacent to an activating group) is 1. The Kier molecular flexibility index (Phi) is 7.41. The van der Waals surface area contributed by atoms with Crippen LogP contribution in [0, 0.1) is 5.82 Å². The van der Waals surface area contributed by atoms with Crippen LogP contribution in [0.1, 0.15) is 11.1 Å². The SMILES string of the molecule is CN=C(NCc1ccc(F)cc1)NCC(Cc1ccccc1)N(C)C. The number of halogens is 1. The van der Waals surface area contributed by atoms with Crippen LogP contribution in [-0.4, -0.2) is 44.6 Å². The lowest BCUT2D eigenvalue weighted by molar-refractivity contribution is 0.290. The van der Waals surface area contributed by atoms with Gasteiger partial charge in [-0.3, -0.25) is 4.99 Å². The highest BCUT2D eigenvalue weighted by Crippen LogP contribution is 2.06. The van der Waals surface area contributed by atoms with Crippen LogP contribution in [0.3, 0.4) is 0 Å². The van der Waals surface area contributed by atoms with Crippen LogP contribution in [0.2, 0.25) is 0 Å². The molecule has 0 aliphatic heterocycles. The minimum Gasteiger partial charge on any atom is -0.355 e. The fraction of sp³-hybridized carbons (Fsp3) is 0.350. The Hall–Kier alpha value is -2.40. The molecule has 5 heteroatoms. The number of benzene rings is 2. The van der Waals surface area contributed by atoms with Crippen LogP contribution in [0.4, 0.5) is 4.39 Å². The molecule has 0 fully saturated rings. The Bertz CT molecular complexity index is 653. The first-order valence-corrected chi connectivity index (χ1v) is 8.48. The normalized spacial score (nSPS) is 12.9. The monoisotopic (exact) mass is 342 g/mol. The molecule has 134 valence electrons. The van der Waals surface area contributed by atoms with Crippen molar-refractivity contribution in [3.8, 4) is 0 Å². The molecule has 0 bridgehead atoms. The van der Waals surface area contributed by atoms with Gasteiger partial charge in [-0.25, -0.2) is 4.39 Å². The van der Waals surface area contributed by atoms with Gasteiger partial charge in [0.25, 0.3) is 0 Å². The molecule has 0 aliphatic carbocycles. The molecule has 0 heterocycles. The smallest absolute Gasteiger partial charge is 0.191 e. The number of hydrogen-bond acceptors (Lipinski definition) is 2. The molecule has 4 nitrogen and oxygen atoms in total. The zero-order chi connectivity index (χ0) is 18.1. The van der Waals surface area contributed by atoms with Gasteiger partial charge in [-0.1, -0.05) is 42.5 Å². The summed E-state index contributed by atoms with van der Waals surface area (Å²) in [4.78, 5) is 6.48. The summed E-state index contributed by atoms with van der Waals surface area (Å²) in [7, 11) is 5.93. The Morgan fingerprint density at radius 2 is 1.68 bits per heavy atom. The lowest BCUT2D eigenvalue weighted by atomic mass is 10.1. The summed E-state index contributed by atoms with van der Waals surface area (Å²) in [5.74, 6) is 0.519. The van der Waals surface area contributed by atoms with Gasteiger partial charge in [0.15, 0.2) is 5.96 Å². The largest absolute Gasteiger partial charge is 0.355 e. The van der Waals surface area contributed by atoms with Gasteiger partial charge in [-0.05, 0) is 43.8 Å². The minimum absolute atomic E-state index is 0.221. The van der Waals surface area contributed by atoms with Crippen molar-refractivity contribution in [1.82, 2.24) is 15.5 Å². The Morgan fingerprint density at radius 3 is 2.28 bits per heavy atom. The van der Waals surface area contributed by atoms with Gasteiger partial charge in [0.2, 0.25) is 0 Å². The van der Waals surface area contributed by atoms with E-state index in [9.17, 15) is 4.39 Å². The van der Waals surface area contributed by atoms with E-state index in [0.717, 1.165) is 24.5 Å². The predicted octanol–water partition coefficient (Wildman–Crippen LogP) is 2.66. The van der Waals surface area contributed by atoms with Gasteiger partial charge in [-0.15, -0.1) is 0 Å². The van der Waals surface area contributed by atoms with Crippen LogP contribution in [0.25, 0.3) is 0 Å². The van der Waals surface area contributed by atoms with E-state index < -0.39 is 0 Å². The summed E-state index contributed by atoms with van der Waals surface area (Å²) >= 11 is 0. The maximum atomic E-state index is 13.0. The zero-order valence-electron chi connectivity index (χ0n) is 15.2. The fourth-order valence-electron chi connectivity index (χ4n) is 2.55. The van der Waals surface area contributed by atoms with Gasteiger partial charge in [-0.2, -0.15) is 0 Å². The van der Waals surface area contributed by atoms with Crippen molar-refractivity contribution in [3.63, 3.8) is 0 Å². The molecular formula is C20H27FN4. The van der Waals surface area contributed by atoms with Crippen molar-refractivity contribution in [3.05, 3.63) is 71.5 Å². The standard InChI is InChI=1S/C20H27FN4/c1-22-20(23-14-17-9-11-18(21)12-10-17)24-15-19(25(2)3)13-16-7-5-4-6-8-16/h4-12,19H,13-15H2,1-3H3,(H2,22,23,24). The van der Waals surface area contributed by atoms with E-state index in [4.69, 9.17) is 0 Å². The number of aliphatic imine (C=N–C) groups is 1. The zero-order valence-corrected chi connectivity index (χ0v) is 15.2. The lowest BCUT2D eigenvalue weighted by Gasteiger charge is -2.25. The molecule has 1 unspecified atom stereocenters. The van der Waals surface area contributed by atoms with E-state index in [1.807, 2.05) is 6.07 Å². The fourth-order valence-corrected chi connectivity index (χ4v) is 2.55. The Balaban J connectivity index is 1.85. The van der Waals surface area contributed by atoms with E-state index in [-0.39, 0.29) is 5.82 Å². The molecule has 0 aliphatic rings. The quantitative estimate of drug-likeness (QED) is 0.600. The van der Waals surface area contributed by atoms with Crippen LogP contribution < -0.4 is 10.6 Å².